The zero-order valence-electron chi connectivity index (χ0n) is 21.9. The second-order valence-corrected chi connectivity index (χ2v) is 10.3. The molecule has 4 aromatic rings. The fraction of sp³-hybridized carbons (Fsp3) is 0.111. The monoisotopic (exact) mass is 632 g/mol. The number of esters is 1. The predicted molar refractivity (Wildman–Crippen MR) is 155 cm³/mol. The van der Waals surface area contributed by atoms with Gasteiger partial charge in [-0.2, -0.15) is 0 Å². The van der Waals surface area contributed by atoms with Crippen LogP contribution in [0.3, 0.4) is 0 Å². The number of pyridine rings is 4. The summed E-state index contributed by atoms with van der Waals surface area (Å²) >= 11 is 0. The van der Waals surface area contributed by atoms with Crippen molar-refractivity contribution in [2.75, 3.05) is 6.61 Å². The van der Waals surface area contributed by atoms with E-state index in [0.717, 1.165) is 0 Å². The second kappa shape index (κ2) is 16.6. The summed E-state index contributed by atoms with van der Waals surface area (Å²) in [5.74, 6) is -2.53. The third kappa shape index (κ3) is 10.8. The molecule has 4 rings (SSSR count). The fourth-order valence-electron chi connectivity index (χ4n) is 2.98. The van der Waals surface area contributed by atoms with Crippen LogP contribution in [-0.2, 0) is 14.0 Å². The lowest BCUT2D eigenvalue weighted by molar-refractivity contribution is 0.0524. The Kier molecular flexibility index (Phi) is 13.3. The van der Waals surface area contributed by atoms with E-state index in [1.807, 2.05) is 0 Å². The maximum atomic E-state index is 11.5. The Morgan fingerprint density at radius 1 is 0.667 bits per heavy atom. The third-order valence-electron chi connectivity index (χ3n) is 4.99. The van der Waals surface area contributed by atoms with Crippen molar-refractivity contribution in [2.45, 2.75) is 13.8 Å². The lowest BCUT2D eigenvalue weighted by Gasteiger charge is -2.03. The van der Waals surface area contributed by atoms with Gasteiger partial charge in [-0.05, 0) is 62.4 Å². The van der Waals surface area contributed by atoms with Crippen LogP contribution in [0.1, 0.15) is 55.3 Å². The van der Waals surface area contributed by atoms with E-state index in [0.29, 0.717) is 40.5 Å². The molecule has 0 saturated carbocycles. The van der Waals surface area contributed by atoms with Gasteiger partial charge < -0.3 is 14.9 Å². The minimum absolute atomic E-state index is 0.0327. The Labute approximate surface area is 250 Å². The summed E-state index contributed by atoms with van der Waals surface area (Å²) in [6.45, 7) is 3.57. The van der Waals surface area contributed by atoms with E-state index >= 15 is 0 Å². The van der Waals surface area contributed by atoms with Crippen molar-refractivity contribution in [2.24, 2.45) is 0 Å². The summed E-state index contributed by atoms with van der Waals surface area (Å²) in [6, 6.07) is 12.6. The zero-order chi connectivity index (χ0) is 31.2. The highest BCUT2D eigenvalue weighted by Gasteiger charge is 2.09. The minimum Gasteiger partial charge on any atom is -0.478 e. The smallest absolute Gasteiger partial charge is 0.339 e. The molecule has 4 heterocycles. The summed E-state index contributed by atoms with van der Waals surface area (Å²) < 4.78 is 14.0. The van der Waals surface area contributed by atoms with Gasteiger partial charge in [0.1, 0.15) is 0 Å². The van der Waals surface area contributed by atoms with Gasteiger partial charge in [-0.3, -0.25) is 24.7 Å². The molecular weight excluding hydrogens is 611 g/mol. The fourth-order valence-corrected chi connectivity index (χ4v) is 2.98. The largest absolute Gasteiger partial charge is 0.478 e. The number of halogens is 2. The molecule has 0 radical (unpaired) electrons. The maximum Gasteiger partial charge on any atom is 0.339 e. The van der Waals surface area contributed by atoms with E-state index in [-0.39, 0.29) is 16.9 Å². The number of ether oxygens (including phenoxy) is 1. The number of ketones is 1. The first-order valence-corrected chi connectivity index (χ1v) is 14.5. The van der Waals surface area contributed by atoms with Crippen molar-refractivity contribution in [1.82, 2.24) is 19.9 Å². The van der Waals surface area contributed by atoms with E-state index in [9.17, 15) is 19.2 Å². The number of hydrogen-bond acceptors (Lipinski definition) is 10. The van der Waals surface area contributed by atoms with Crippen LogP contribution in [-0.4, -0.2) is 64.7 Å². The topological polar surface area (TPSA) is 187 Å². The van der Waals surface area contributed by atoms with Crippen LogP contribution < -0.4 is 0 Å². The maximum absolute atomic E-state index is 11.5. The molecule has 4 aromatic heterocycles. The number of rotatable bonds is 7. The van der Waals surface area contributed by atoms with Gasteiger partial charge in [0.25, 0.3) is 0 Å². The zero-order valence-corrected chi connectivity index (χ0v) is 24.3. The number of nitrogens with zero attached hydrogens (tertiary/aromatic N) is 4. The number of carboxylic acid groups (broad SMARTS) is 2. The van der Waals surface area contributed by atoms with Crippen molar-refractivity contribution in [3.8, 4) is 22.8 Å². The average Bonchev–Trinajstić information content (AvgIpc) is 2.97. The number of aromatic carboxylic acids is 2. The highest BCUT2D eigenvalue weighted by molar-refractivity contribution is 8.26. The van der Waals surface area contributed by atoms with Gasteiger partial charge in [-0.25, -0.2) is 18.6 Å². The van der Waals surface area contributed by atoms with Crippen LogP contribution in [0.4, 0.5) is 0 Å². The van der Waals surface area contributed by atoms with Gasteiger partial charge >= 0.3 is 17.9 Å². The molecule has 0 fully saturated rings. The number of aromatic nitrogens is 4. The Balaban J connectivity index is 0.000000262. The molecule has 218 valence electrons. The third-order valence-corrected chi connectivity index (χ3v) is 4.99. The predicted octanol–water partition coefficient (Wildman–Crippen LogP) is 5.11. The molecule has 42 heavy (non-hydrogen) atoms. The number of carbonyl (C=O) groups excluding carboxylic acids is 2. The molecule has 0 spiro atoms. The van der Waals surface area contributed by atoms with E-state index < -0.39 is 27.1 Å². The molecule has 15 heteroatoms. The summed E-state index contributed by atoms with van der Waals surface area (Å²) in [7, 11) is 7.36. The van der Waals surface area contributed by atoms with Gasteiger partial charge in [0.05, 0.1) is 46.1 Å². The SMILES string of the molecule is CCOC(=O)c1ccc(-c2ccc(C(C)=O)cn2)nc1.O=C(O)c1ccc(-c2ccc(C(=O)O)cn2)nc1.O=S(Cl)Cl. The van der Waals surface area contributed by atoms with Crippen LogP contribution in [0, 0.1) is 0 Å². The molecule has 0 aliphatic rings. The van der Waals surface area contributed by atoms with E-state index in [2.05, 4.69) is 41.3 Å². The highest BCUT2D eigenvalue weighted by Crippen LogP contribution is 2.16. The Bertz CT molecular complexity index is 1490. The molecule has 0 atom stereocenters. The summed E-state index contributed by atoms with van der Waals surface area (Å²) in [4.78, 5) is 60.2. The molecule has 12 nitrogen and oxygen atoms in total. The second-order valence-electron chi connectivity index (χ2n) is 7.80. The Morgan fingerprint density at radius 2 is 0.976 bits per heavy atom. The molecule has 0 aliphatic carbocycles. The van der Waals surface area contributed by atoms with Crippen LogP contribution >= 0.6 is 21.4 Å². The van der Waals surface area contributed by atoms with Gasteiger partial charge in [-0.1, -0.05) is 0 Å². The van der Waals surface area contributed by atoms with Crippen molar-refractivity contribution < 1.29 is 38.3 Å². The highest BCUT2D eigenvalue weighted by atomic mass is 36.0. The summed E-state index contributed by atoms with van der Waals surface area (Å²) in [6.07, 6.45) is 5.42. The first-order valence-electron chi connectivity index (χ1n) is 11.7. The number of hydrogen-bond donors (Lipinski definition) is 2. The lowest BCUT2D eigenvalue weighted by atomic mass is 10.1. The quantitative estimate of drug-likeness (QED) is 0.156. The Morgan fingerprint density at radius 3 is 1.21 bits per heavy atom. The summed E-state index contributed by atoms with van der Waals surface area (Å²) in [5, 5.41) is 17.4. The van der Waals surface area contributed by atoms with Crippen molar-refractivity contribution in [1.29, 1.82) is 0 Å². The number of carboxylic acids is 2. The van der Waals surface area contributed by atoms with Crippen molar-refractivity contribution in [3.63, 3.8) is 0 Å². The average molecular weight is 633 g/mol. The standard InChI is InChI=1S/C15H14N2O3.C12H8N2O4.Cl2OS/c1-3-20-15(19)12-5-7-14(17-9-12)13-6-4-11(8-16-13)10(2)18;15-11(16)7-1-3-9(13-5-7)10-4-2-8(6-14-10)12(17)18;1-4(2)3/h4-9H,3H2,1-2H3;1-6H,(H,15,16)(H,17,18);. The van der Waals surface area contributed by atoms with Crippen molar-refractivity contribution >= 4 is 54.3 Å². The van der Waals surface area contributed by atoms with E-state index in [4.69, 9.17) is 19.2 Å². The van der Waals surface area contributed by atoms with E-state index in [1.165, 1.54) is 56.0 Å². The van der Waals surface area contributed by atoms with Crippen LogP contribution in [0.5, 0.6) is 0 Å². The molecular formula is C27H22Cl2N4O8S. The molecule has 2 N–H and O–H groups in total. The lowest BCUT2D eigenvalue weighted by Crippen LogP contribution is -2.05. The molecule has 0 aromatic carbocycles. The molecule has 0 saturated heterocycles. The molecule has 0 amide bonds. The van der Waals surface area contributed by atoms with Crippen LogP contribution in [0.2, 0.25) is 0 Å². The van der Waals surface area contributed by atoms with E-state index in [1.54, 1.807) is 31.2 Å². The first kappa shape index (κ1) is 33.6. The Hall–Kier alpha value is -4.59. The normalized spacial score (nSPS) is 9.93. The van der Waals surface area contributed by atoms with Gasteiger partial charge in [0, 0.05) is 51.7 Å². The molecule has 0 unspecified atom stereocenters. The summed E-state index contributed by atoms with van der Waals surface area (Å²) in [5.41, 5.74) is 3.36. The van der Waals surface area contributed by atoms with Crippen LogP contribution in [0.25, 0.3) is 22.8 Å². The van der Waals surface area contributed by atoms with Crippen molar-refractivity contribution in [3.05, 3.63) is 95.6 Å². The molecule has 0 bridgehead atoms. The van der Waals surface area contributed by atoms with Gasteiger partial charge in [0.2, 0.25) is 9.23 Å². The number of Topliss-reactive ketones (excluding diaryl/α,β-unsaturated/α-hetero) is 1. The van der Waals surface area contributed by atoms with Crippen LogP contribution in [0.15, 0.2) is 73.3 Å². The first-order chi connectivity index (χ1) is 19.9. The number of carbonyl (C=O) groups is 4. The van der Waals surface area contributed by atoms with Gasteiger partial charge in [-0.15, -0.1) is 0 Å². The molecule has 0 aliphatic heterocycles. The minimum atomic E-state index is -1.67. The van der Waals surface area contributed by atoms with Gasteiger partial charge in [0.15, 0.2) is 5.78 Å².